The van der Waals surface area contributed by atoms with Crippen molar-refractivity contribution in [1.29, 1.82) is 0 Å². The van der Waals surface area contributed by atoms with Crippen molar-refractivity contribution in [2.24, 2.45) is 7.05 Å². The Morgan fingerprint density at radius 2 is 1.94 bits per heavy atom. The third-order valence-corrected chi connectivity index (χ3v) is 4.72. The van der Waals surface area contributed by atoms with Crippen LogP contribution in [0, 0.1) is 11.6 Å². The number of hydrogen-bond donors (Lipinski definition) is 2. The lowest BCUT2D eigenvalue weighted by atomic mass is 10.2. The first-order valence-electron chi connectivity index (χ1n) is 10.1. The molecule has 4 rings (SSSR count). The van der Waals surface area contributed by atoms with Gasteiger partial charge >= 0.3 is 6.03 Å². The quantitative estimate of drug-likeness (QED) is 0.424. The Kier molecular flexibility index (Phi) is 6.25. The summed E-state index contributed by atoms with van der Waals surface area (Å²) in [6.07, 6.45) is 8.78. The molecule has 0 unspecified atom stereocenters. The smallest absolute Gasteiger partial charge is 0.323 e. The minimum Gasteiger partial charge on any atom is -0.454 e. The Morgan fingerprint density at radius 1 is 1.09 bits per heavy atom. The molecule has 10 heteroatoms. The van der Waals surface area contributed by atoms with Crippen LogP contribution in [0.1, 0.15) is 12.5 Å². The molecule has 0 saturated heterocycles. The summed E-state index contributed by atoms with van der Waals surface area (Å²) in [5.74, 6) is -2.54. The van der Waals surface area contributed by atoms with Crippen LogP contribution in [0.3, 0.4) is 0 Å². The van der Waals surface area contributed by atoms with Crippen LogP contribution in [-0.4, -0.2) is 25.8 Å². The maximum Gasteiger partial charge on any atom is 0.323 e. The number of hydrogen-bond acceptors (Lipinski definition) is 5. The second kappa shape index (κ2) is 9.43. The van der Waals surface area contributed by atoms with E-state index in [0.29, 0.717) is 11.4 Å². The van der Waals surface area contributed by atoms with E-state index >= 15 is 0 Å². The van der Waals surface area contributed by atoms with Crippen LogP contribution in [0.2, 0.25) is 0 Å². The minimum atomic E-state index is -1.25. The molecule has 0 saturated carbocycles. The minimum absolute atomic E-state index is 0.268. The van der Waals surface area contributed by atoms with Gasteiger partial charge in [0.25, 0.3) is 0 Å². The van der Waals surface area contributed by atoms with E-state index in [0.717, 1.165) is 17.5 Å². The summed E-state index contributed by atoms with van der Waals surface area (Å²) in [6, 6.07) is 6.58. The van der Waals surface area contributed by atoms with Gasteiger partial charge in [-0.2, -0.15) is 9.49 Å². The normalized spacial score (nSPS) is 10.7. The largest absolute Gasteiger partial charge is 0.454 e. The van der Waals surface area contributed by atoms with Crippen LogP contribution in [-0.2, 0) is 13.5 Å². The van der Waals surface area contributed by atoms with Crippen molar-refractivity contribution < 1.29 is 18.3 Å². The van der Waals surface area contributed by atoms with Crippen molar-refractivity contribution in [2.75, 3.05) is 10.6 Å². The predicted molar refractivity (Wildman–Crippen MR) is 119 cm³/mol. The number of nitrogens with one attached hydrogen (secondary N) is 2. The summed E-state index contributed by atoms with van der Waals surface area (Å²) in [4.78, 5) is 20.5. The highest BCUT2D eigenvalue weighted by Gasteiger charge is 2.17. The summed E-state index contributed by atoms with van der Waals surface area (Å²) >= 11 is 0. The maximum absolute atomic E-state index is 14.6. The number of ether oxygens (including phenoxy) is 1. The van der Waals surface area contributed by atoms with Gasteiger partial charge in [-0.1, -0.05) is 6.92 Å². The molecule has 2 amide bonds. The van der Waals surface area contributed by atoms with Gasteiger partial charge in [-0.3, -0.25) is 14.6 Å². The number of aromatic nitrogens is 4. The maximum atomic E-state index is 14.6. The summed E-state index contributed by atoms with van der Waals surface area (Å²) in [6.45, 7) is 1.95. The fourth-order valence-corrected chi connectivity index (χ4v) is 3.05. The lowest BCUT2D eigenvalue weighted by Crippen LogP contribution is -2.20. The zero-order valence-electron chi connectivity index (χ0n) is 17.8. The average Bonchev–Trinajstić information content (AvgIpc) is 3.25. The van der Waals surface area contributed by atoms with Crippen LogP contribution >= 0.6 is 0 Å². The molecule has 0 aliphatic heterocycles. The number of anilines is 2. The molecular formula is C23H20F2N6O2. The Balaban J connectivity index is 1.47. The van der Waals surface area contributed by atoms with Gasteiger partial charge < -0.3 is 15.4 Å². The van der Waals surface area contributed by atoms with Gasteiger partial charge in [-0.15, -0.1) is 0 Å². The van der Waals surface area contributed by atoms with Gasteiger partial charge in [0.2, 0.25) is 5.82 Å². The second-order valence-electron chi connectivity index (χ2n) is 7.14. The molecule has 4 aromatic rings. The van der Waals surface area contributed by atoms with E-state index < -0.39 is 17.7 Å². The van der Waals surface area contributed by atoms with E-state index in [9.17, 15) is 13.6 Å². The Hall–Kier alpha value is -4.34. The van der Waals surface area contributed by atoms with Crippen LogP contribution in [0.25, 0.3) is 11.3 Å². The van der Waals surface area contributed by atoms with Gasteiger partial charge in [-0.05, 0) is 36.2 Å². The molecule has 3 aromatic heterocycles. The molecule has 2 N–H and O–H groups in total. The van der Waals surface area contributed by atoms with Crippen LogP contribution in [0.5, 0.6) is 11.5 Å². The highest BCUT2D eigenvalue weighted by molar-refractivity contribution is 5.99. The molecule has 3 heterocycles. The van der Waals surface area contributed by atoms with Gasteiger partial charge in [-0.25, -0.2) is 9.18 Å². The first-order chi connectivity index (χ1) is 15.9. The zero-order valence-corrected chi connectivity index (χ0v) is 17.8. The monoisotopic (exact) mass is 450 g/mol. The number of halogens is 2. The van der Waals surface area contributed by atoms with E-state index in [1.54, 1.807) is 42.5 Å². The van der Waals surface area contributed by atoms with Crippen molar-refractivity contribution >= 4 is 17.4 Å². The molecule has 1 aromatic carbocycles. The lowest BCUT2D eigenvalue weighted by molar-refractivity contribution is 0.262. The van der Waals surface area contributed by atoms with Crippen LogP contribution in [0.4, 0.5) is 25.0 Å². The van der Waals surface area contributed by atoms with Gasteiger partial charge in [0.05, 0.1) is 29.5 Å². The summed E-state index contributed by atoms with van der Waals surface area (Å²) in [5, 5.41) is 8.92. The summed E-state index contributed by atoms with van der Waals surface area (Å²) in [7, 11) is 1.77. The number of pyridine rings is 2. The molecule has 0 aliphatic carbocycles. The highest BCUT2D eigenvalue weighted by Crippen LogP contribution is 2.31. The van der Waals surface area contributed by atoms with Crippen molar-refractivity contribution in [3.63, 3.8) is 0 Å². The Morgan fingerprint density at radius 3 is 2.70 bits per heavy atom. The van der Waals surface area contributed by atoms with Gasteiger partial charge in [0.1, 0.15) is 5.75 Å². The summed E-state index contributed by atoms with van der Waals surface area (Å²) < 4.78 is 36.4. The van der Waals surface area contributed by atoms with E-state index in [1.165, 1.54) is 30.6 Å². The molecule has 168 valence electrons. The fourth-order valence-electron chi connectivity index (χ4n) is 3.05. The van der Waals surface area contributed by atoms with E-state index in [-0.39, 0.29) is 17.2 Å². The Bertz CT molecular complexity index is 1310. The number of carbonyl (C=O) groups is 1. The molecule has 0 aliphatic rings. The van der Waals surface area contributed by atoms with Gasteiger partial charge in [0, 0.05) is 37.3 Å². The number of benzene rings is 1. The predicted octanol–water partition coefficient (Wildman–Crippen LogP) is 5.15. The number of nitrogens with zero attached hydrogens (tertiary/aromatic N) is 4. The second-order valence-corrected chi connectivity index (χ2v) is 7.14. The lowest BCUT2D eigenvalue weighted by Gasteiger charge is -2.12. The van der Waals surface area contributed by atoms with E-state index in [4.69, 9.17) is 4.74 Å². The SMILES string of the molecule is CCc1cncc(NC(=O)Nc2ccc(Oc3ccnc(-c4cnn(C)c4)c3)c(F)c2F)c1. The van der Waals surface area contributed by atoms with Crippen LogP contribution in [0.15, 0.2) is 61.3 Å². The van der Waals surface area contributed by atoms with Crippen molar-refractivity contribution in [3.8, 4) is 22.8 Å². The van der Waals surface area contributed by atoms with Gasteiger partial charge in [0.15, 0.2) is 11.6 Å². The summed E-state index contributed by atoms with van der Waals surface area (Å²) in [5.41, 5.74) is 2.35. The number of rotatable bonds is 6. The molecule has 0 spiro atoms. The number of amides is 2. The van der Waals surface area contributed by atoms with Crippen molar-refractivity contribution in [1.82, 2.24) is 19.7 Å². The van der Waals surface area contributed by atoms with E-state index in [2.05, 4.69) is 25.7 Å². The van der Waals surface area contributed by atoms with E-state index in [1.807, 2.05) is 6.92 Å². The third-order valence-electron chi connectivity index (χ3n) is 4.72. The number of aryl methyl sites for hydroxylation is 2. The molecule has 0 fully saturated rings. The average molecular weight is 450 g/mol. The standard InChI is InChI=1S/C23H20F2N6O2/c1-3-14-8-16(12-26-10-14)29-23(32)30-18-4-5-20(22(25)21(18)24)33-17-6-7-27-19(9-17)15-11-28-31(2)13-15/h4-13H,3H2,1-2H3,(H2,29,30,32). The topological polar surface area (TPSA) is 94.0 Å². The first kappa shape index (κ1) is 21.9. The van der Waals surface area contributed by atoms with Crippen molar-refractivity contribution in [3.05, 3.63) is 78.5 Å². The molecule has 0 radical (unpaired) electrons. The highest BCUT2D eigenvalue weighted by atomic mass is 19.2. The number of urea groups is 1. The third kappa shape index (κ3) is 5.12. The van der Waals surface area contributed by atoms with Crippen LogP contribution < -0.4 is 15.4 Å². The molecular weight excluding hydrogens is 430 g/mol. The Labute approximate surface area is 188 Å². The molecule has 0 bridgehead atoms. The first-order valence-corrected chi connectivity index (χ1v) is 10.1. The zero-order chi connectivity index (χ0) is 23.4. The fraction of sp³-hybridized carbons (Fsp3) is 0.130. The molecule has 8 nitrogen and oxygen atoms in total. The number of carbonyl (C=O) groups excluding carboxylic acids is 1. The molecule has 33 heavy (non-hydrogen) atoms. The molecule has 0 atom stereocenters. The van der Waals surface area contributed by atoms with Crippen molar-refractivity contribution in [2.45, 2.75) is 13.3 Å².